The Morgan fingerprint density at radius 2 is 2.04 bits per heavy atom. The van der Waals surface area contributed by atoms with Crippen molar-refractivity contribution >= 4 is 38.2 Å². The van der Waals surface area contributed by atoms with Crippen molar-refractivity contribution in [3.63, 3.8) is 0 Å². The predicted octanol–water partition coefficient (Wildman–Crippen LogP) is 2.69. The highest BCUT2D eigenvalue weighted by atomic mass is 32.2. The number of pyridine rings is 1. The highest BCUT2D eigenvalue weighted by Gasteiger charge is 2.27. The number of nitrogens with one attached hydrogen (secondary N) is 1. The summed E-state index contributed by atoms with van der Waals surface area (Å²) >= 11 is 0. The molecule has 27 heavy (non-hydrogen) atoms. The summed E-state index contributed by atoms with van der Waals surface area (Å²) in [6.45, 7) is 0.566. The van der Waals surface area contributed by atoms with E-state index in [1.165, 1.54) is 6.07 Å². The summed E-state index contributed by atoms with van der Waals surface area (Å²) in [5.41, 5.74) is 2.65. The lowest BCUT2D eigenvalue weighted by Crippen LogP contribution is -2.22. The summed E-state index contributed by atoms with van der Waals surface area (Å²) in [7, 11) is -2.45. The average molecular weight is 388 g/mol. The number of nitrogens with two attached hydrogens (primary N) is 1. The van der Waals surface area contributed by atoms with Gasteiger partial charge in [0.15, 0.2) is 5.82 Å². The Morgan fingerprint density at radius 3 is 2.78 bits per heavy atom. The zero-order valence-corrected chi connectivity index (χ0v) is 15.3. The highest BCUT2D eigenvalue weighted by molar-refractivity contribution is 7.90. The van der Waals surface area contributed by atoms with E-state index in [9.17, 15) is 12.8 Å². The molecular formula is C18H17FN4O3S. The molecule has 1 aliphatic rings. The van der Waals surface area contributed by atoms with Crippen molar-refractivity contribution in [3.8, 4) is 5.75 Å². The standard InChI is InChI=1S/C18H17FN4O3S/c1-26-11-2-3-12-15(10-11)21-8-6-17(12)23-9-7-13-16(23)5-4-14(18(13)19)22-27(20,24)25/h2-6,8,10,22H,7,9H2,1H3,(H2,20,24,25). The number of fused-ring (bicyclic) bond motifs is 2. The van der Waals surface area contributed by atoms with Crippen molar-refractivity contribution in [2.24, 2.45) is 5.14 Å². The Labute approximate surface area is 155 Å². The number of rotatable bonds is 4. The van der Waals surface area contributed by atoms with Gasteiger partial charge in [-0.3, -0.25) is 9.71 Å². The fourth-order valence-electron chi connectivity index (χ4n) is 3.40. The molecule has 0 aliphatic carbocycles. The molecule has 0 unspecified atom stereocenters. The van der Waals surface area contributed by atoms with Crippen molar-refractivity contribution in [1.82, 2.24) is 4.98 Å². The van der Waals surface area contributed by atoms with Crippen LogP contribution in [0.1, 0.15) is 5.56 Å². The molecule has 1 aliphatic heterocycles. The molecule has 1 aromatic heterocycles. The molecule has 0 fully saturated rings. The van der Waals surface area contributed by atoms with Crippen LogP contribution in [0.15, 0.2) is 42.6 Å². The monoisotopic (exact) mass is 388 g/mol. The Kier molecular flexibility index (Phi) is 4.12. The van der Waals surface area contributed by atoms with E-state index in [-0.39, 0.29) is 5.69 Å². The molecule has 140 valence electrons. The van der Waals surface area contributed by atoms with E-state index in [1.807, 2.05) is 33.9 Å². The van der Waals surface area contributed by atoms with Gasteiger partial charge in [-0.1, -0.05) is 0 Å². The van der Waals surface area contributed by atoms with Gasteiger partial charge in [-0.15, -0.1) is 0 Å². The maximum Gasteiger partial charge on any atom is 0.296 e. The van der Waals surface area contributed by atoms with Crippen LogP contribution >= 0.6 is 0 Å². The second-order valence-corrected chi connectivity index (χ2v) is 7.48. The molecule has 0 saturated heterocycles. The summed E-state index contributed by atoms with van der Waals surface area (Å²) in [5.74, 6) is 0.0998. The molecular weight excluding hydrogens is 371 g/mol. The summed E-state index contributed by atoms with van der Waals surface area (Å²) in [5, 5.41) is 5.87. The van der Waals surface area contributed by atoms with Crippen LogP contribution in [0.25, 0.3) is 10.9 Å². The fraction of sp³-hybridized carbons (Fsp3) is 0.167. The highest BCUT2D eigenvalue weighted by Crippen LogP contribution is 2.40. The van der Waals surface area contributed by atoms with Crippen LogP contribution in [0, 0.1) is 5.82 Å². The first-order valence-electron chi connectivity index (χ1n) is 8.19. The minimum Gasteiger partial charge on any atom is -0.497 e. The summed E-state index contributed by atoms with van der Waals surface area (Å²) in [6.07, 6.45) is 2.14. The maximum atomic E-state index is 14.8. The molecule has 3 aromatic rings. The van der Waals surface area contributed by atoms with Gasteiger partial charge in [0.1, 0.15) is 5.75 Å². The third kappa shape index (κ3) is 3.15. The zero-order valence-electron chi connectivity index (χ0n) is 14.4. The lowest BCUT2D eigenvalue weighted by Gasteiger charge is -2.22. The molecule has 2 aromatic carbocycles. The van der Waals surface area contributed by atoms with Gasteiger partial charge >= 0.3 is 0 Å². The third-order valence-corrected chi connectivity index (χ3v) is 5.07. The number of methoxy groups -OCH3 is 1. The molecule has 4 rings (SSSR count). The number of ether oxygens (including phenoxy) is 1. The summed E-state index contributed by atoms with van der Waals surface area (Å²) in [4.78, 5) is 6.37. The molecule has 0 atom stereocenters. The number of nitrogens with zero attached hydrogens (tertiary/aromatic N) is 2. The zero-order chi connectivity index (χ0) is 19.2. The normalized spacial score (nSPS) is 13.7. The van der Waals surface area contributed by atoms with Crippen LogP contribution in [-0.4, -0.2) is 27.1 Å². The summed E-state index contributed by atoms with van der Waals surface area (Å²) in [6, 6.07) is 10.6. The minimum atomic E-state index is -4.04. The number of hydrogen-bond donors (Lipinski definition) is 2. The van der Waals surface area contributed by atoms with E-state index in [4.69, 9.17) is 9.88 Å². The summed E-state index contributed by atoms with van der Waals surface area (Å²) < 4.78 is 44.4. The number of anilines is 3. The van der Waals surface area contributed by atoms with E-state index in [1.54, 1.807) is 19.4 Å². The fourth-order valence-corrected chi connectivity index (χ4v) is 3.87. The third-order valence-electron chi connectivity index (χ3n) is 4.56. The predicted molar refractivity (Wildman–Crippen MR) is 102 cm³/mol. The first-order chi connectivity index (χ1) is 12.9. The molecule has 7 nitrogen and oxygen atoms in total. The Morgan fingerprint density at radius 1 is 1.22 bits per heavy atom. The maximum absolute atomic E-state index is 14.8. The first-order valence-corrected chi connectivity index (χ1v) is 9.74. The number of benzene rings is 2. The molecule has 2 heterocycles. The lowest BCUT2D eigenvalue weighted by atomic mass is 10.1. The smallest absolute Gasteiger partial charge is 0.296 e. The van der Waals surface area contributed by atoms with Gasteiger partial charge in [0.25, 0.3) is 10.2 Å². The number of hydrogen-bond acceptors (Lipinski definition) is 5. The molecule has 0 saturated carbocycles. The Balaban J connectivity index is 1.79. The lowest BCUT2D eigenvalue weighted by molar-refractivity contribution is 0.415. The quantitative estimate of drug-likeness (QED) is 0.716. The van der Waals surface area contributed by atoms with Crippen LogP contribution < -0.4 is 19.5 Å². The van der Waals surface area contributed by atoms with Gasteiger partial charge in [-0.05, 0) is 36.8 Å². The Bertz CT molecular complexity index is 1150. The van der Waals surface area contributed by atoms with Gasteiger partial charge in [0.2, 0.25) is 0 Å². The van der Waals surface area contributed by atoms with Gasteiger partial charge < -0.3 is 9.64 Å². The topological polar surface area (TPSA) is 97.5 Å². The minimum absolute atomic E-state index is 0.151. The SMILES string of the molecule is COc1ccc2c(N3CCc4c3ccc(NS(N)(=O)=O)c4F)ccnc2c1. The largest absolute Gasteiger partial charge is 0.497 e. The van der Waals surface area contributed by atoms with Gasteiger partial charge in [0, 0.05) is 35.4 Å². The van der Waals surface area contributed by atoms with E-state index < -0.39 is 16.0 Å². The van der Waals surface area contributed by atoms with Crippen LogP contribution in [0.3, 0.4) is 0 Å². The van der Waals surface area contributed by atoms with Crippen molar-refractivity contribution < 1.29 is 17.5 Å². The number of halogens is 1. The van der Waals surface area contributed by atoms with Crippen LogP contribution in [0.2, 0.25) is 0 Å². The van der Waals surface area contributed by atoms with Gasteiger partial charge in [-0.25, -0.2) is 9.53 Å². The molecule has 0 bridgehead atoms. The number of aromatic nitrogens is 1. The van der Waals surface area contributed by atoms with Crippen molar-refractivity contribution in [1.29, 1.82) is 0 Å². The van der Waals surface area contributed by atoms with E-state index in [0.29, 0.717) is 30.0 Å². The Hall–Kier alpha value is -2.91. The second-order valence-electron chi connectivity index (χ2n) is 6.19. The van der Waals surface area contributed by atoms with Crippen molar-refractivity contribution in [2.45, 2.75) is 6.42 Å². The molecule has 0 amide bonds. The van der Waals surface area contributed by atoms with E-state index in [0.717, 1.165) is 16.6 Å². The van der Waals surface area contributed by atoms with Crippen LogP contribution in [-0.2, 0) is 16.6 Å². The average Bonchev–Trinajstić information content (AvgIpc) is 3.06. The molecule has 9 heteroatoms. The molecule has 0 spiro atoms. The van der Waals surface area contributed by atoms with Crippen LogP contribution in [0.4, 0.5) is 21.5 Å². The molecule has 0 radical (unpaired) electrons. The van der Waals surface area contributed by atoms with Gasteiger partial charge in [-0.2, -0.15) is 8.42 Å². The van der Waals surface area contributed by atoms with Crippen LogP contribution in [0.5, 0.6) is 5.75 Å². The first kappa shape index (κ1) is 17.5. The molecule has 3 N–H and O–H groups in total. The van der Waals surface area contributed by atoms with Crippen molar-refractivity contribution in [3.05, 3.63) is 54.0 Å². The van der Waals surface area contributed by atoms with Gasteiger partial charge in [0.05, 0.1) is 24.0 Å². The van der Waals surface area contributed by atoms with E-state index >= 15 is 0 Å². The second kappa shape index (κ2) is 6.36. The van der Waals surface area contributed by atoms with E-state index in [2.05, 4.69) is 4.98 Å². The van der Waals surface area contributed by atoms with Crippen molar-refractivity contribution in [2.75, 3.05) is 23.3 Å².